The molecule has 22 heavy (non-hydrogen) atoms. The van der Waals surface area contributed by atoms with Gasteiger partial charge in [0.2, 0.25) is 0 Å². The van der Waals surface area contributed by atoms with E-state index in [9.17, 15) is 4.79 Å². The minimum atomic E-state index is -0.214. The van der Waals surface area contributed by atoms with Crippen LogP contribution >= 0.6 is 11.6 Å². The van der Waals surface area contributed by atoms with Gasteiger partial charge < -0.3 is 19.7 Å². The fraction of sp³-hybridized carbons (Fsp3) is 0.562. The van der Waals surface area contributed by atoms with Crippen LogP contribution in [0, 0.1) is 0 Å². The van der Waals surface area contributed by atoms with Crippen LogP contribution in [0.1, 0.15) is 25.0 Å². The molecule has 0 spiro atoms. The zero-order valence-electron chi connectivity index (χ0n) is 12.8. The molecule has 1 unspecified atom stereocenters. The molecule has 1 heterocycles. The Morgan fingerprint density at radius 2 is 2.36 bits per heavy atom. The van der Waals surface area contributed by atoms with Crippen molar-refractivity contribution in [3.8, 4) is 0 Å². The largest absolute Gasteiger partial charge is 0.376 e. The molecule has 1 aliphatic heterocycles. The van der Waals surface area contributed by atoms with E-state index in [2.05, 4.69) is 5.32 Å². The zero-order valence-corrected chi connectivity index (χ0v) is 13.6. The van der Waals surface area contributed by atoms with Gasteiger partial charge in [0, 0.05) is 25.1 Å². The van der Waals surface area contributed by atoms with E-state index in [4.69, 9.17) is 21.1 Å². The van der Waals surface area contributed by atoms with Gasteiger partial charge in [0.25, 0.3) is 0 Å². The van der Waals surface area contributed by atoms with Gasteiger partial charge in [-0.05, 0) is 24.6 Å². The number of morpholine rings is 1. The van der Waals surface area contributed by atoms with Crippen molar-refractivity contribution in [1.82, 2.24) is 10.2 Å². The molecule has 5 nitrogen and oxygen atoms in total. The monoisotopic (exact) mass is 324 g/mol. The van der Waals surface area contributed by atoms with Crippen LogP contribution in [0.3, 0.4) is 0 Å². The van der Waals surface area contributed by atoms with E-state index >= 15 is 0 Å². The number of amides is 2. The van der Waals surface area contributed by atoms with Gasteiger partial charge in [-0.15, -0.1) is 0 Å². The predicted octanol–water partition coefficient (Wildman–Crippen LogP) is 2.60. The highest BCUT2D eigenvalue weighted by atomic mass is 35.5. The summed E-state index contributed by atoms with van der Waals surface area (Å²) in [5.74, 6) is 0. The summed E-state index contributed by atoms with van der Waals surface area (Å²) < 4.78 is 11.2. The first-order chi connectivity index (χ1) is 10.5. The highest BCUT2D eigenvalue weighted by Crippen LogP contribution is 2.38. The molecule has 6 heteroatoms. The molecule has 1 aromatic carbocycles. The second kappa shape index (κ2) is 6.07. The van der Waals surface area contributed by atoms with Crippen LogP contribution in [0.15, 0.2) is 24.3 Å². The first-order valence-electron chi connectivity index (χ1n) is 7.49. The molecule has 1 saturated carbocycles. The molecule has 0 bridgehead atoms. The van der Waals surface area contributed by atoms with Crippen LogP contribution < -0.4 is 5.32 Å². The number of hydrogen-bond donors (Lipinski definition) is 1. The summed E-state index contributed by atoms with van der Waals surface area (Å²) in [4.78, 5) is 14.2. The Morgan fingerprint density at radius 1 is 1.55 bits per heavy atom. The van der Waals surface area contributed by atoms with E-state index in [1.54, 1.807) is 12.0 Å². The maximum Gasteiger partial charge on any atom is 0.317 e. The summed E-state index contributed by atoms with van der Waals surface area (Å²) >= 11 is 6.03. The van der Waals surface area contributed by atoms with Gasteiger partial charge in [-0.2, -0.15) is 0 Å². The van der Waals surface area contributed by atoms with E-state index in [0.29, 0.717) is 24.7 Å². The van der Waals surface area contributed by atoms with Crippen LogP contribution in [0.4, 0.5) is 4.79 Å². The van der Waals surface area contributed by atoms with Gasteiger partial charge in [-0.3, -0.25) is 0 Å². The highest BCUT2D eigenvalue weighted by Gasteiger charge is 2.52. The van der Waals surface area contributed by atoms with Crippen LogP contribution in [-0.2, 0) is 9.47 Å². The zero-order chi connectivity index (χ0) is 15.7. The molecule has 2 amide bonds. The summed E-state index contributed by atoms with van der Waals surface area (Å²) in [7, 11) is 1.68. The topological polar surface area (TPSA) is 50.8 Å². The second-order valence-electron chi connectivity index (χ2n) is 6.08. The van der Waals surface area contributed by atoms with Gasteiger partial charge in [0.05, 0.1) is 24.8 Å². The molecule has 120 valence electrons. The molecule has 0 aromatic heterocycles. The van der Waals surface area contributed by atoms with Gasteiger partial charge in [0.1, 0.15) is 6.10 Å². The number of benzene rings is 1. The van der Waals surface area contributed by atoms with Gasteiger partial charge in [-0.1, -0.05) is 23.7 Å². The maximum atomic E-state index is 12.4. The smallest absolute Gasteiger partial charge is 0.317 e. The van der Waals surface area contributed by atoms with Crippen molar-refractivity contribution < 1.29 is 14.3 Å². The highest BCUT2D eigenvalue weighted by molar-refractivity contribution is 6.30. The second-order valence-corrected chi connectivity index (χ2v) is 6.52. The predicted molar refractivity (Wildman–Crippen MR) is 84.1 cm³/mol. The van der Waals surface area contributed by atoms with Crippen LogP contribution in [0.25, 0.3) is 0 Å². The molecule has 1 N–H and O–H groups in total. The fourth-order valence-electron chi connectivity index (χ4n) is 2.76. The Hall–Kier alpha value is -1.30. The van der Waals surface area contributed by atoms with E-state index in [1.165, 1.54) is 0 Å². The Labute approximate surface area is 135 Å². The Balaban J connectivity index is 1.60. The summed E-state index contributed by atoms with van der Waals surface area (Å²) in [6.45, 7) is 3.66. The lowest BCUT2D eigenvalue weighted by Crippen LogP contribution is -2.48. The average Bonchev–Trinajstić information content (AvgIpc) is 3.18. The van der Waals surface area contributed by atoms with Crippen molar-refractivity contribution in [3.05, 3.63) is 34.9 Å². The molecular weight excluding hydrogens is 304 g/mol. The third kappa shape index (κ3) is 3.21. The van der Waals surface area contributed by atoms with Crippen LogP contribution in [-0.4, -0.2) is 49.4 Å². The maximum absolute atomic E-state index is 12.4. The molecular formula is C16H21ClN2O3. The van der Waals surface area contributed by atoms with E-state index in [1.807, 2.05) is 31.2 Å². The van der Waals surface area contributed by atoms with E-state index in [0.717, 1.165) is 12.0 Å². The third-order valence-electron chi connectivity index (χ3n) is 4.52. The SMILES string of the molecule is CO[C@@]1(C)C[C@H]1NC(=O)N1CCOC(c2cccc(Cl)c2)C1. The summed E-state index contributed by atoms with van der Waals surface area (Å²) in [5.41, 5.74) is 0.784. The molecule has 3 atom stereocenters. The molecule has 1 saturated heterocycles. The minimum Gasteiger partial charge on any atom is -0.376 e. The van der Waals surface area contributed by atoms with Crippen LogP contribution in [0.5, 0.6) is 0 Å². The minimum absolute atomic E-state index is 0.0545. The average molecular weight is 325 g/mol. The van der Waals surface area contributed by atoms with Crippen molar-refractivity contribution in [2.75, 3.05) is 26.8 Å². The van der Waals surface area contributed by atoms with E-state index < -0.39 is 0 Å². The number of nitrogens with zero attached hydrogens (tertiary/aromatic N) is 1. The van der Waals surface area contributed by atoms with Crippen molar-refractivity contribution in [3.63, 3.8) is 0 Å². The Kier molecular flexibility index (Phi) is 4.30. The summed E-state index contributed by atoms with van der Waals surface area (Å²) in [6, 6.07) is 7.63. The lowest BCUT2D eigenvalue weighted by atomic mass is 10.1. The number of carbonyl (C=O) groups excluding carboxylic acids is 1. The Morgan fingerprint density at radius 3 is 3.05 bits per heavy atom. The molecule has 0 radical (unpaired) electrons. The normalized spacial score (nSPS) is 31.0. The Bertz CT molecular complexity index is 568. The molecule has 3 rings (SSSR count). The van der Waals surface area contributed by atoms with Crippen LogP contribution in [0.2, 0.25) is 5.02 Å². The van der Waals surface area contributed by atoms with E-state index in [-0.39, 0.29) is 23.8 Å². The number of methoxy groups -OCH3 is 1. The number of nitrogens with one attached hydrogen (secondary N) is 1. The van der Waals surface area contributed by atoms with Gasteiger partial charge >= 0.3 is 6.03 Å². The van der Waals surface area contributed by atoms with Crippen molar-refractivity contribution in [2.24, 2.45) is 0 Å². The number of halogens is 1. The van der Waals surface area contributed by atoms with Crippen molar-refractivity contribution >= 4 is 17.6 Å². The summed E-state index contributed by atoms with van der Waals surface area (Å²) in [6.07, 6.45) is 0.725. The molecule has 2 aliphatic rings. The van der Waals surface area contributed by atoms with Gasteiger partial charge in [-0.25, -0.2) is 4.79 Å². The first kappa shape index (κ1) is 15.6. The number of urea groups is 1. The summed E-state index contributed by atoms with van der Waals surface area (Å²) in [5, 5.41) is 3.71. The number of rotatable bonds is 3. The number of hydrogen-bond acceptors (Lipinski definition) is 3. The molecule has 2 fully saturated rings. The molecule has 1 aromatic rings. The first-order valence-corrected chi connectivity index (χ1v) is 7.87. The van der Waals surface area contributed by atoms with Crippen molar-refractivity contribution in [1.29, 1.82) is 0 Å². The van der Waals surface area contributed by atoms with Crippen molar-refractivity contribution in [2.45, 2.75) is 31.1 Å². The molecule has 1 aliphatic carbocycles. The number of ether oxygens (including phenoxy) is 2. The lowest BCUT2D eigenvalue weighted by molar-refractivity contribution is -0.0158. The standard InChI is InChI=1S/C16H21ClN2O3/c1-16(21-2)9-14(16)18-15(20)19-6-7-22-13(10-19)11-4-3-5-12(17)8-11/h3-5,8,13-14H,6-7,9-10H2,1-2H3,(H,18,20)/t13?,14-,16+/m1/s1. The third-order valence-corrected chi connectivity index (χ3v) is 4.76. The fourth-order valence-corrected chi connectivity index (χ4v) is 2.96. The number of carbonyl (C=O) groups is 1. The lowest BCUT2D eigenvalue weighted by Gasteiger charge is -2.33. The quantitative estimate of drug-likeness (QED) is 0.929. The van der Waals surface area contributed by atoms with Gasteiger partial charge in [0.15, 0.2) is 0 Å².